The van der Waals surface area contributed by atoms with Gasteiger partial charge in [0.15, 0.2) is 5.82 Å². The number of carbonyl (C=O) groups is 1. The number of fused-ring (bicyclic) bond motifs is 1. The number of hydrogen-bond acceptors (Lipinski definition) is 2. The van der Waals surface area contributed by atoms with E-state index in [2.05, 4.69) is 0 Å². The number of benzene rings is 2. The first-order valence-corrected chi connectivity index (χ1v) is 6.71. The molecule has 2 aromatic carbocycles. The second kappa shape index (κ2) is 5.42. The van der Waals surface area contributed by atoms with Gasteiger partial charge in [-0.05, 0) is 42.0 Å². The molecule has 0 radical (unpaired) electrons. The first-order chi connectivity index (χ1) is 10.5. The number of ether oxygens (including phenoxy) is 1. The fraction of sp³-hybridized carbons (Fsp3) is 0.0625. The van der Waals surface area contributed by atoms with Crippen molar-refractivity contribution in [2.45, 2.75) is 0 Å². The van der Waals surface area contributed by atoms with Crippen LogP contribution in [0, 0.1) is 11.6 Å². The van der Waals surface area contributed by atoms with Gasteiger partial charge in [-0.2, -0.15) is 0 Å². The number of hydrogen-bond donors (Lipinski definition) is 1. The summed E-state index contributed by atoms with van der Waals surface area (Å²) in [6, 6.07) is 6.35. The molecule has 0 bridgehead atoms. The Morgan fingerprint density at radius 2 is 2.00 bits per heavy atom. The van der Waals surface area contributed by atoms with E-state index in [1.807, 2.05) is 0 Å². The van der Waals surface area contributed by atoms with Crippen LogP contribution in [0.1, 0.15) is 21.5 Å². The predicted octanol–water partition coefficient (Wildman–Crippen LogP) is 4.14. The Bertz CT molecular complexity index is 815. The zero-order valence-corrected chi connectivity index (χ0v) is 11.8. The Kier molecular flexibility index (Phi) is 3.58. The van der Waals surface area contributed by atoms with Crippen LogP contribution in [0.15, 0.2) is 36.4 Å². The lowest BCUT2D eigenvalue weighted by Crippen LogP contribution is -2.09. The molecule has 0 fully saturated rings. The minimum atomic E-state index is -1.14. The van der Waals surface area contributed by atoms with E-state index in [4.69, 9.17) is 21.4 Å². The third-order valence-electron chi connectivity index (χ3n) is 3.36. The third-order valence-corrected chi connectivity index (χ3v) is 3.65. The number of carboxylic acids is 1. The standard InChI is InChI=1S/C16H9ClF2O3/c17-11-2-3-12(18)14(15(11)19)9-5-6-22-13-4-1-8(16(20)21)7-10(9)13/h1-5,7H,6H2,(H,20,21). The SMILES string of the molecule is O=C(O)c1ccc2c(c1)C(c1c(F)ccc(Cl)c1F)=CCO2. The monoisotopic (exact) mass is 322 g/mol. The van der Waals surface area contributed by atoms with Crippen molar-refractivity contribution in [3.63, 3.8) is 0 Å². The van der Waals surface area contributed by atoms with E-state index in [1.165, 1.54) is 24.3 Å². The van der Waals surface area contributed by atoms with Crippen LogP contribution in [-0.4, -0.2) is 17.7 Å². The second-order valence-corrected chi connectivity index (χ2v) is 5.07. The van der Waals surface area contributed by atoms with Crippen LogP contribution >= 0.6 is 11.6 Å². The Labute approximate surface area is 129 Å². The molecule has 0 aliphatic carbocycles. The molecule has 22 heavy (non-hydrogen) atoms. The van der Waals surface area contributed by atoms with Crippen LogP contribution < -0.4 is 4.74 Å². The number of carboxylic acid groups (broad SMARTS) is 1. The molecule has 1 aliphatic heterocycles. The molecule has 0 saturated carbocycles. The summed E-state index contributed by atoms with van der Waals surface area (Å²) in [4.78, 5) is 11.1. The topological polar surface area (TPSA) is 46.5 Å². The zero-order chi connectivity index (χ0) is 15.9. The van der Waals surface area contributed by atoms with E-state index >= 15 is 0 Å². The van der Waals surface area contributed by atoms with Crippen LogP contribution in [0.4, 0.5) is 8.78 Å². The van der Waals surface area contributed by atoms with Gasteiger partial charge in [0.1, 0.15) is 18.2 Å². The van der Waals surface area contributed by atoms with Crippen LogP contribution in [0.25, 0.3) is 5.57 Å². The summed E-state index contributed by atoms with van der Waals surface area (Å²) in [6.45, 7) is 0.125. The molecule has 0 aromatic heterocycles. The minimum Gasteiger partial charge on any atom is -0.489 e. The van der Waals surface area contributed by atoms with E-state index in [0.29, 0.717) is 11.3 Å². The summed E-state index contributed by atoms with van der Waals surface area (Å²) < 4.78 is 33.7. The van der Waals surface area contributed by atoms with E-state index in [1.54, 1.807) is 0 Å². The molecular formula is C16H9ClF2O3. The van der Waals surface area contributed by atoms with E-state index in [9.17, 15) is 13.6 Å². The van der Waals surface area contributed by atoms with Gasteiger partial charge in [0.25, 0.3) is 0 Å². The van der Waals surface area contributed by atoms with Crippen molar-refractivity contribution in [2.24, 2.45) is 0 Å². The highest BCUT2D eigenvalue weighted by Crippen LogP contribution is 2.38. The molecule has 3 nitrogen and oxygen atoms in total. The lowest BCUT2D eigenvalue weighted by Gasteiger charge is -2.20. The molecule has 0 spiro atoms. The van der Waals surface area contributed by atoms with Gasteiger partial charge in [0.2, 0.25) is 0 Å². The van der Waals surface area contributed by atoms with Gasteiger partial charge in [-0.25, -0.2) is 13.6 Å². The van der Waals surface area contributed by atoms with E-state index in [0.717, 1.165) is 12.1 Å². The zero-order valence-electron chi connectivity index (χ0n) is 11.1. The molecule has 0 saturated heterocycles. The maximum Gasteiger partial charge on any atom is 0.335 e. The van der Waals surface area contributed by atoms with Crippen molar-refractivity contribution in [1.29, 1.82) is 0 Å². The van der Waals surface area contributed by atoms with Crippen molar-refractivity contribution in [1.82, 2.24) is 0 Å². The normalized spacial score (nSPS) is 13.1. The maximum absolute atomic E-state index is 14.2. The molecule has 2 aromatic rings. The van der Waals surface area contributed by atoms with Crippen molar-refractivity contribution in [3.05, 3.63) is 69.8 Å². The minimum absolute atomic E-state index is 0.00186. The van der Waals surface area contributed by atoms with Gasteiger partial charge in [0, 0.05) is 5.56 Å². The summed E-state index contributed by atoms with van der Waals surface area (Å²) in [5.74, 6) is -2.44. The Hall–Kier alpha value is -2.40. The van der Waals surface area contributed by atoms with Crippen molar-refractivity contribution < 1.29 is 23.4 Å². The summed E-state index contributed by atoms with van der Waals surface area (Å²) >= 11 is 5.72. The number of halogens is 3. The lowest BCUT2D eigenvalue weighted by molar-refractivity contribution is 0.0697. The molecule has 1 heterocycles. The molecule has 1 aliphatic rings. The van der Waals surface area contributed by atoms with Crippen LogP contribution in [0.2, 0.25) is 5.02 Å². The molecular weight excluding hydrogens is 314 g/mol. The van der Waals surface area contributed by atoms with Crippen molar-refractivity contribution in [2.75, 3.05) is 6.61 Å². The molecule has 0 unspecified atom stereocenters. The van der Waals surface area contributed by atoms with Crippen molar-refractivity contribution >= 4 is 23.1 Å². The summed E-state index contributed by atoms with van der Waals surface area (Å²) in [5, 5.41) is 8.86. The second-order valence-electron chi connectivity index (χ2n) is 4.66. The molecule has 0 amide bonds. The van der Waals surface area contributed by atoms with Gasteiger partial charge in [-0.15, -0.1) is 0 Å². The maximum atomic E-state index is 14.2. The Morgan fingerprint density at radius 3 is 2.73 bits per heavy atom. The van der Waals surface area contributed by atoms with Gasteiger partial charge in [-0.1, -0.05) is 11.6 Å². The Morgan fingerprint density at radius 1 is 1.23 bits per heavy atom. The summed E-state index contributed by atoms with van der Waals surface area (Å²) in [6.07, 6.45) is 1.49. The predicted molar refractivity (Wildman–Crippen MR) is 77.3 cm³/mol. The average Bonchev–Trinajstić information content (AvgIpc) is 2.51. The highest BCUT2D eigenvalue weighted by molar-refractivity contribution is 6.31. The summed E-state index contributed by atoms with van der Waals surface area (Å²) in [5.41, 5.74) is 0.241. The van der Waals surface area contributed by atoms with Gasteiger partial charge in [0.05, 0.1) is 16.1 Å². The fourth-order valence-electron chi connectivity index (χ4n) is 2.33. The van der Waals surface area contributed by atoms with Crippen LogP contribution in [0.3, 0.4) is 0 Å². The lowest BCUT2D eigenvalue weighted by atomic mass is 9.93. The smallest absolute Gasteiger partial charge is 0.335 e. The first-order valence-electron chi connectivity index (χ1n) is 6.33. The highest BCUT2D eigenvalue weighted by Gasteiger charge is 2.23. The number of rotatable bonds is 2. The quantitative estimate of drug-likeness (QED) is 0.845. The van der Waals surface area contributed by atoms with Gasteiger partial charge < -0.3 is 9.84 Å². The first kappa shape index (κ1) is 14.5. The van der Waals surface area contributed by atoms with Gasteiger partial charge >= 0.3 is 5.97 Å². The molecule has 1 N–H and O–H groups in total. The largest absolute Gasteiger partial charge is 0.489 e. The van der Waals surface area contributed by atoms with Crippen LogP contribution in [0.5, 0.6) is 5.75 Å². The third kappa shape index (κ3) is 2.33. The molecule has 112 valence electrons. The molecule has 3 rings (SSSR count). The average molecular weight is 323 g/mol. The molecule has 0 atom stereocenters. The highest BCUT2D eigenvalue weighted by atomic mass is 35.5. The molecule has 6 heteroatoms. The number of aromatic carboxylic acids is 1. The van der Waals surface area contributed by atoms with Crippen LogP contribution in [-0.2, 0) is 0 Å². The fourth-order valence-corrected chi connectivity index (χ4v) is 2.49. The van der Waals surface area contributed by atoms with Crippen molar-refractivity contribution in [3.8, 4) is 5.75 Å². The van der Waals surface area contributed by atoms with E-state index < -0.39 is 17.6 Å². The van der Waals surface area contributed by atoms with Gasteiger partial charge in [-0.3, -0.25) is 0 Å². The summed E-state index contributed by atoms with van der Waals surface area (Å²) in [7, 11) is 0. The van der Waals surface area contributed by atoms with E-state index in [-0.39, 0.29) is 28.3 Å². The Balaban J connectivity index is 2.23.